The van der Waals surface area contributed by atoms with Crippen LogP contribution in [-0.4, -0.2) is 23.1 Å². The number of ether oxygens (including phenoxy) is 1. The molecule has 2 aromatic rings. The van der Waals surface area contributed by atoms with Crippen LogP contribution in [-0.2, 0) is 0 Å². The molecule has 5 nitrogen and oxygen atoms in total. The van der Waals surface area contributed by atoms with Crippen LogP contribution < -0.4 is 10.1 Å². The fourth-order valence-corrected chi connectivity index (χ4v) is 1.71. The molecule has 2 rings (SSSR count). The lowest BCUT2D eigenvalue weighted by Crippen LogP contribution is -2.13. The van der Waals surface area contributed by atoms with Crippen molar-refractivity contribution in [2.45, 2.75) is 13.8 Å². The van der Waals surface area contributed by atoms with Gasteiger partial charge >= 0.3 is 0 Å². The number of nitrogens with zero attached hydrogens (tertiary/aromatic N) is 3. The van der Waals surface area contributed by atoms with Crippen LogP contribution >= 0.6 is 0 Å². The van der Waals surface area contributed by atoms with Crippen molar-refractivity contribution in [2.75, 3.05) is 18.5 Å². The fraction of sp³-hybridized carbons (Fsp3) is 0.267. The summed E-state index contributed by atoms with van der Waals surface area (Å²) in [6.07, 6.45) is 3.38. The summed E-state index contributed by atoms with van der Waals surface area (Å²) in [5.74, 6) is 1.33. The van der Waals surface area contributed by atoms with Crippen LogP contribution in [0.1, 0.15) is 16.8 Å². The van der Waals surface area contributed by atoms with Gasteiger partial charge in [0.15, 0.2) is 0 Å². The van der Waals surface area contributed by atoms with E-state index in [1.54, 1.807) is 12.4 Å². The molecule has 102 valence electrons. The van der Waals surface area contributed by atoms with Gasteiger partial charge in [0.1, 0.15) is 24.2 Å². The Balaban J connectivity index is 1.86. The quantitative estimate of drug-likeness (QED) is 0.843. The van der Waals surface area contributed by atoms with Crippen LogP contribution in [0.5, 0.6) is 5.75 Å². The first kappa shape index (κ1) is 13.8. The molecule has 0 aliphatic carbocycles. The third-order valence-electron chi connectivity index (χ3n) is 2.82. The van der Waals surface area contributed by atoms with Crippen molar-refractivity contribution >= 4 is 5.82 Å². The first-order chi connectivity index (χ1) is 9.70. The number of aryl methyl sites for hydroxylation is 2. The van der Waals surface area contributed by atoms with Gasteiger partial charge in [0.2, 0.25) is 0 Å². The summed E-state index contributed by atoms with van der Waals surface area (Å²) in [6, 6.07) is 7.75. The Kier molecular flexibility index (Phi) is 4.51. The monoisotopic (exact) mass is 268 g/mol. The van der Waals surface area contributed by atoms with E-state index in [0.29, 0.717) is 24.5 Å². The average Bonchev–Trinajstić information content (AvgIpc) is 2.45. The molecule has 0 bridgehead atoms. The van der Waals surface area contributed by atoms with Gasteiger partial charge in [0.05, 0.1) is 18.3 Å². The number of hydrogen-bond acceptors (Lipinski definition) is 5. The van der Waals surface area contributed by atoms with Crippen LogP contribution in [0.2, 0.25) is 0 Å². The Bertz CT molecular complexity index is 617. The molecule has 0 saturated carbocycles. The topological polar surface area (TPSA) is 70.8 Å². The molecule has 0 radical (unpaired) electrons. The van der Waals surface area contributed by atoms with Gasteiger partial charge in [-0.3, -0.25) is 4.98 Å². The normalized spacial score (nSPS) is 9.85. The van der Waals surface area contributed by atoms with Gasteiger partial charge in [-0.15, -0.1) is 0 Å². The van der Waals surface area contributed by atoms with Crippen LogP contribution in [0.4, 0.5) is 5.82 Å². The molecule has 20 heavy (non-hydrogen) atoms. The van der Waals surface area contributed by atoms with Crippen LogP contribution in [0.3, 0.4) is 0 Å². The molecular weight excluding hydrogens is 252 g/mol. The first-order valence-corrected chi connectivity index (χ1v) is 6.35. The molecular formula is C15H16N4O. The molecule has 0 atom stereocenters. The van der Waals surface area contributed by atoms with Crippen molar-refractivity contribution in [2.24, 2.45) is 0 Å². The molecule has 0 aliphatic rings. The third kappa shape index (κ3) is 3.45. The molecule has 0 amide bonds. The van der Waals surface area contributed by atoms with Gasteiger partial charge in [-0.25, -0.2) is 4.98 Å². The SMILES string of the molecule is Cc1ccc(OCCNc2nccc(C)c2C#N)cn1. The second kappa shape index (κ2) is 6.53. The second-order valence-electron chi connectivity index (χ2n) is 4.37. The number of anilines is 1. The smallest absolute Gasteiger partial charge is 0.144 e. The van der Waals surface area contributed by atoms with E-state index in [1.807, 2.05) is 32.0 Å². The highest BCUT2D eigenvalue weighted by Crippen LogP contribution is 2.14. The zero-order chi connectivity index (χ0) is 14.4. The summed E-state index contributed by atoms with van der Waals surface area (Å²) in [5, 5.41) is 12.2. The Morgan fingerprint density at radius 3 is 2.80 bits per heavy atom. The fourth-order valence-electron chi connectivity index (χ4n) is 1.71. The number of nitrogens with one attached hydrogen (secondary N) is 1. The number of pyridine rings is 2. The van der Waals surface area contributed by atoms with E-state index in [4.69, 9.17) is 10.00 Å². The predicted molar refractivity (Wildman–Crippen MR) is 76.6 cm³/mol. The third-order valence-corrected chi connectivity index (χ3v) is 2.82. The van der Waals surface area contributed by atoms with Crippen molar-refractivity contribution in [3.05, 3.63) is 47.4 Å². The van der Waals surface area contributed by atoms with Crippen LogP contribution in [0, 0.1) is 25.2 Å². The summed E-state index contributed by atoms with van der Waals surface area (Å²) in [6.45, 7) is 4.86. The van der Waals surface area contributed by atoms with E-state index < -0.39 is 0 Å². The minimum absolute atomic E-state index is 0.477. The zero-order valence-corrected chi connectivity index (χ0v) is 11.6. The highest BCUT2D eigenvalue weighted by atomic mass is 16.5. The molecule has 1 N–H and O–H groups in total. The molecule has 5 heteroatoms. The van der Waals surface area contributed by atoms with Gasteiger partial charge in [-0.05, 0) is 37.6 Å². The molecule has 2 aromatic heterocycles. The lowest BCUT2D eigenvalue weighted by atomic mass is 10.1. The number of aromatic nitrogens is 2. The average molecular weight is 268 g/mol. The van der Waals surface area contributed by atoms with E-state index in [-0.39, 0.29) is 0 Å². The summed E-state index contributed by atoms with van der Waals surface area (Å²) in [4.78, 5) is 8.32. The van der Waals surface area contributed by atoms with Gasteiger partial charge in [-0.1, -0.05) is 0 Å². The van der Waals surface area contributed by atoms with Crippen molar-refractivity contribution in [1.82, 2.24) is 9.97 Å². The largest absolute Gasteiger partial charge is 0.490 e. The van der Waals surface area contributed by atoms with Crippen LogP contribution in [0.25, 0.3) is 0 Å². The highest BCUT2D eigenvalue weighted by Gasteiger charge is 2.05. The summed E-state index contributed by atoms with van der Waals surface area (Å²) < 4.78 is 5.55. The standard InChI is InChI=1S/C15H16N4O/c1-11-5-6-17-15(14(11)9-16)18-7-8-20-13-4-3-12(2)19-10-13/h3-6,10H,7-8H2,1-2H3,(H,17,18). The molecule has 0 spiro atoms. The summed E-state index contributed by atoms with van der Waals surface area (Å²) in [7, 11) is 0. The second-order valence-corrected chi connectivity index (χ2v) is 4.37. The Morgan fingerprint density at radius 2 is 2.10 bits per heavy atom. The minimum Gasteiger partial charge on any atom is -0.490 e. The molecule has 0 aromatic carbocycles. The number of hydrogen-bond donors (Lipinski definition) is 1. The van der Waals surface area contributed by atoms with E-state index in [0.717, 1.165) is 17.0 Å². The van der Waals surface area contributed by atoms with Crippen LogP contribution in [0.15, 0.2) is 30.6 Å². The molecule has 0 fully saturated rings. The Hall–Kier alpha value is -2.61. The first-order valence-electron chi connectivity index (χ1n) is 6.35. The minimum atomic E-state index is 0.477. The Labute approximate surface area is 118 Å². The molecule has 0 aliphatic heterocycles. The summed E-state index contributed by atoms with van der Waals surface area (Å²) in [5.41, 5.74) is 2.44. The van der Waals surface area contributed by atoms with Gasteiger partial charge in [0, 0.05) is 11.9 Å². The maximum absolute atomic E-state index is 9.09. The summed E-state index contributed by atoms with van der Waals surface area (Å²) >= 11 is 0. The van der Waals surface area contributed by atoms with Gasteiger partial charge < -0.3 is 10.1 Å². The predicted octanol–water partition coefficient (Wildman–Crippen LogP) is 2.46. The van der Waals surface area contributed by atoms with E-state index in [9.17, 15) is 0 Å². The number of nitriles is 1. The van der Waals surface area contributed by atoms with E-state index in [2.05, 4.69) is 21.4 Å². The lowest BCUT2D eigenvalue weighted by Gasteiger charge is -2.09. The van der Waals surface area contributed by atoms with E-state index >= 15 is 0 Å². The molecule has 0 unspecified atom stereocenters. The lowest BCUT2D eigenvalue weighted by molar-refractivity contribution is 0.331. The van der Waals surface area contributed by atoms with Crippen molar-refractivity contribution in [3.63, 3.8) is 0 Å². The maximum atomic E-state index is 9.09. The van der Waals surface area contributed by atoms with Gasteiger partial charge in [-0.2, -0.15) is 5.26 Å². The molecule has 0 saturated heterocycles. The molecule has 2 heterocycles. The number of rotatable bonds is 5. The highest BCUT2D eigenvalue weighted by molar-refractivity contribution is 5.55. The van der Waals surface area contributed by atoms with E-state index in [1.165, 1.54) is 0 Å². The maximum Gasteiger partial charge on any atom is 0.144 e. The Morgan fingerprint density at radius 1 is 1.25 bits per heavy atom. The van der Waals surface area contributed by atoms with Crippen molar-refractivity contribution in [3.8, 4) is 11.8 Å². The van der Waals surface area contributed by atoms with Gasteiger partial charge in [0.25, 0.3) is 0 Å². The van der Waals surface area contributed by atoms with Crippen molar-refractivity contribution < 1.29 is 4.74 Å². The zero-order valence-electron chi connectivity index (χ0n) is 11.6. The van der Waals surface area contributed by atoms with Crippen molar-refractivity contribution in [1.29, 1.82) is 5.26 Å².